The lowest BCUT2D eigenvalue weighted by Crippen LogP contribution is -2.23. The molecule has 0 amide bonds. The number of aromatic nitrogens is 3. The molecule has 13 nitrogen and oxygen atoms in total. The highest BCUT2D eigenvalue weighted by atomic mass is 16.5. The zero-order valence-corrected chi connectivity index (χ0v) is 23.1. The van der Waals surface area contributed by atoms with Gasteiger partial charge in [0.25, 0.3) is 0 Å². The summed E-state index contributed by atoms with van der Waals surface area (Å²) in [6.45, 7) is 9.89. The van der Waals surface area contributed by atoms with E-state index in [4.69, 9.17) is 24.1 Å². The Hall–Kier alpha value is -2.00. The standard InChI is InChI=1S/C11H24O5.C8H16O3.C5H7N3O2.CH4/c1-3-10(12)7-15-5-6-16-9-11(13)8-14-4-2;1-3-7(9)4-5-8(10)6-11-2;1-3-6-4(9)8-5(7-3)10-2;/h10-13H,3-9H2,1-2H3;8,10H,3-6H2,1-2H3;1-2H3,(H,6,7,8,9);1H4. The number of hydrogen-bond donors (Lipinski definition) is 4. The van der Waals surface area contributed by atoms with E-state index in [1.54, 1.807) is 6.92 Å². The number of carbonyl (C=O) groups is 1. The Morgan fingerprint density at radius 1 is 0.895 bits per heavy atom. The Morgan fingerprint density at radius 2 is 1.47 bits per heavy atom. The predicted octanol–water partition coefficient (Wildman–Crippen LogP) is 1.06. The summed E-state index contributed by atoms with van der Waals surface area (Å²) in [6.07, 6.45) is 0.745. The van der Waals surface area contributed by atoms with E-state index in [1.807, 2.05) is 20.8 Å². The van der Waals surface area contributed by atoms with Crippen LogP contribution >= 0.6 is 0 Å². The number of nitrogens with zero attached hydrogens (tertiary/aromatic N) is 2. The van der Waals surface area contributed by atoms with Crippen LogP contribution in [0.3, 0.4) is 0 Å². The van der Waals surface area contributed by atoms with E-state index in [0.29, 0.717) is 71.1 Å². The van der Waals surface area contributed by atoms with E-state index < -0.39 is 24.0 Å². The zero-order chi connectivity index (χ0) is 28.5. The number of H-pyrrole nitrogens is 1. The Bertz CT molecular complexity index is 721. The molecule has 1 rings (SSSR count). The van der Waals surface area contributed by atoms with Crippen molar-refractivity contribution in [3.05, 3.63) is 16.3 Å². The van der Waals surface area contributed by atoms with Gasteiger partial charge < -0.3 is 39.0 Å². The van der Waals surface area contributed by atoms with Crippen molar-refractivity contribution in [1.82, 2.24) is 15.0 Å². The van der Waals surface area contributed by atoms with Crippen molar-refractivity contribution in [2.24, 2.45) is 0 Å². The van der Waals surface area contributed by atoms with Gasteiger partial charge in [0.05, 0.1) is 59.0 Å². The fourth-order valence-corrected chi connectivity index (χ4v) is 2.31. The minimum Gasteiger partial charge on any atom is -0.467 e. The van der Waals surface area contributed by atoms with Crippen LogP contribution in [0.1, 0.15) is 59.7 Å². The second kappa shape index (κ2) is 28.0. The molecule has 1 aromatic rings. The Morgan fingerprint density at radius 3 is 1.95 bits per heavy atom. The van der Waals surface area contributed by atoms with Crippen LogP contribution < -0.4 is 10.4 Å². The number of aliphatic hydroxyl groups is 3. The third-order valence-corrected chi connectivity index (χ3v) is 4.42. The van der Waals surface area contributed by atoms with Crippen molar-refractivity contribution >= 4 is 5.78 Å². The number of nitrogens with one attached hydrogen (secondary N) is 1. The first-order chi connectivity index (χ1) is 17.6. The monoisotopic (exact) mass is 553 g/mol. The Balaban J connectivity index is -0.000000493. The molecule has 226 valence electrons. The van der Waals surface area contributed by atoms with Gasteiger partial charge in [-0.2, -0.15) is 4.98 Å². The van der Waals surface area contributed by atoms with E-state index in [2.05, 4.69) is 19.7 Å². The number of aliphatic hydroxyl groups excluding tert-OH is 3. The van der Waals surface area contributed by atoms with Gasteiger partial charge in [-0.3, -0.25) is 9.78 Å². The van der Waals surface area contributed by atoms with Gasteiger partial charge in [0.1, 0.15) is 17.7 Å². The molecular formula is C25H51N3O10. The number of ketones is 1. The Kier molecular flexibility index (Phi) is 29.9. The van der Waals surface area contributed by atoms with Gasteiger partial charge in [0.2, 0.25) is 0 Å². The maximum Gasteiger partial charge on any atom is 0.350 e. The molecule has 0 saturated carbocycles. The average molecular weight is 554 g/mol. The number of aryl methyl sites for hydroxylation is 1. The van der Waals surface area contributed by atoms with Crippen molar-refractivity contribution in [3.63, 3.8) is 0 Å². The molecule has 0 aliphatic rings. The van der Waals surface area contributed by atoms with Crippen molar-refractivity contribution in [2.75, 3.05) is 60.5 Å². The number of rotatable bonds is 18. The smallest absolute Gasteiger partial charge is 0.350 e. The third-order valence-electron chi connectivity index (χ3n) is 4.42. The van der Waals surface area contributed by atoms with E-state index in [0.717, 1.165) is 0 Å². The molecule has 4 N–H and O–H groups in total. The summed E-state index contributed by atoms with van der Waals surface area (Å²) in [5.41, 5.74) is -0.440. The number of methoxy groups -OCH3 is 2. The summed E-state index contributed by atoms with van der Waals surface area (Å²) in [7, 11) is 2.94. The van der Waals surface area contributed by atoms with Crippen LogP contribution in [0.15, 0.2) is 4.79 Å². The zero-order valence-electron chi connectivity index (χ0n) is 23.1. The molecule has 38 heavy (non-hydrogen) atoms. The second-order valence-corrected chi connectivity index (χ2v) is 7.79. The Labute approximate surface area is 226 Å². The maximum atomic E-state index is 10.8. The van der Waals surface area contributed by atoms with Crippen LogP contribution in [0.4, 0.5) is 0 Å². The highest BCUT2D eigenvalue weighted by Gasteiger charge is 2.06. The van der Waals surface area contributed by atoms with Gasteiger partial charge in [0, 0.05) is 26.6 Å². The predicted molar refractivity (Wildman–Crippen MR) is 144 cm³/mol. The number of aromatic amines is 1. The molecule has 3 atom stereocenters. The average Bonchev–Trinajstić information content (AvgIpc) is 2.88. The van der Waals surface area contributed by atoms with Crippen LogP contribution in [-0.2, 0) is 23.7 Å². The molecule has 0 aromatic carbocycles. The summed E-state index contributed by atoms with van der Waals surface area (Å²) in [5, 5.41) is 27.6. The molecule has 0 radical (unpaired) electrons. The van der Waals surface area contributed by atoms with Crippen LogP contribution in [0, 0.1) is 6.92 Å². The fraction of sp³-hybridized carbons (Fsp3) is 0.840. The van der Waals surface area contributed by atoms with Gasteiger partial charge in [-0.25, -0.2) is 4.79 Å². The first-order valence-electron chi connectivity index (χ1n) is 12.4. The fourth-order valence-electron chi connectivity index (χ4n) is 2.31. The van der Waals surface area contributed by atoms with Gasteiger partial charge in [-0.05, 0) is 26.7 Å². The minimum absolute atomic E-state index is 0. The van der Waals surface area contributed by atoms with Crippen LogP contribution in [-0.4, -0.2) is 115 Å². The van der Waals surface area contributed by atoms with Crippen LogP contribution in [0.5, 0.6) is 6.01 Å². The second-order valence-electron chi connectivity index (χ2n) is 7.79. The molecule has 13 heteroatoms. The number of ether oxygens (including phenoxy) is 5. The number of hydrogen-bond acceptors (Lipinski definition) is 12. The quantitative estimate of drug-likeness (QED) is 0.190. The topological polar surface area (TPSA) is 183 Å². The SMILES string of the molecule is C.CCC(=O)CCC(O)COC.CCOCC(O)COCCOCC(O)CC.COc1nc(C)[nH]c(=O)n1. The third kappa shape index (κ3) is 27.0. The summed E-state index contributed by atoms with van der Waals surface area (Å²) < 4.78 is 24.7. The van der Waals surface area contributed by atoms with E-state index >= 15 is 0 Å². The molecule has 0 fully saturated rings. The van der Waals surface area contributed by atoms with E-state index in [-0.39, 0.29) is 25.8 Å². The number of carbonyl (C=O) groups excluding carboxylic acids is 1. The molecule has 0 aliphatic heterocycles. The highest BCUT2D eigenvalue weighted by Crippen LogP contribution is 2.00. The highest BCUT2D eigenvalue weighted by molar-refractivity contribution is 5.77. The number of Topliss-reactive ketones (excluding diaryl/α,β-unsaturated/α-hetero) is 1. The van der Waals surface area contributed by atoms with Crippen molar-refractivity contribution < 1.29 is 43.8 Å². The van der Waals surface area contributed by atoms with E-state index in [1.165, 1.54) is 14.2 Å². The van der Waals surface area contributed by atoms with Crippen LogP contribution in [0.25, 0.3) is 0 Å². The van der Waals surface area contributed by atoms with Crippen molar-refractivity contribution in [2.45, 2.75) is 79.1 Å². The first-order valence-corrected chi connectivity index (χ1v) is 12.4. The van der Waals surface area contributed by atoms with Gasteiger partial charge in [-0.1, -0.05) is 21.3 Å². The first kappa shape index (κ1) is 40.5. The van der Waals surface area contributed by atoms with Gasteiger partial charge in [0.15, 0.2) is 0 Å². The summed E-state index contributed by atoms with van der Waals surface area (Å²) >= 11 is 0. The molecular weight excluding hydrogens is 502 g/mol. The molecule has 0 aliphatic carbocycles. The maximum absolute atomic E-state index is 10.8. The lowest BCUT2D eigenvalue weighted by Gasteiger charge is -2.12. The normalized spacial score (nSPS) is 12.6. The lowest BCUT2D eigenvalue weighted by atomic mass is 10.1. The molecule has 1 aromatic heterocycles. The minimum atomic E-state index is -0.582. The van der Waals surface area contributed by atoms with Crippen LogP contribution in [0.2, 0.25) is 0 Å². The molecule has 1 heterocycles. The molecule has 0 saturated heterocycles. The lowest BCUT2D eigenvalue weighted by molar-refractivity contribution is -0.119. The van der Waals surface area contributed by atoms with Crippen molar-refractivity contribution in [3.8, 4) is 6.01 Å². The van der Waals surface area contributed by atoms with Crippen molar-refractivity contribution in [1.29, 1.82) is 0 Å². The molecule has 0 spiro atoms. The molecule has 3 unspecified atom stereocenters. The largest absolute Gasteiger partial charge is 0.467 e. The van der Waals surface area contributed by atoms with E-state index in [9.17, 15) is 19.8 Å². The molecule has 0 bridgehead atoms. The summed E-state index contributed by atoms with van der Waals surface area (Å²) in [6, 6.07) is 0.0984. The van der Waals surface area contributed by atoms with Gasteiger partial charge in [-0.15, -0.1) is 4.98 Å². The summed E-state index contributed by atoms with van der Waals surface area (Å²) in [4.78, 5) is 30.9. The summed E-state index contributed by atoms with van der Waals surface area (Å²) in [5.74, 6) is 0.692. The van der Waals surface area contributed by atoms with Gasteiger partial charge >= 0.3 is 11.7 Å².